The normalized spacial score (nSPS) is 17.4. The molecule has 1 saturated heterocycles. The van der Waals surface area contributed by atoms with Crippen molar-refractivity contribution < 1.29 is 14.3 Å². The van der Waals surface area contributed by atoms with Gasteiger partial charge in [0.25, 0.3) is 11.8 Å². The van der Waals surface area contributed by atoms with Crippen molar-refractivity contribution in [2.45, 2.75) is 19.4 Å². The molecule has 2 aliphatic rings. The quantitative estimate of drug-likeness (QED) is 0.770. The summed E-state index contributed by atoms with van der Waals surface area (Å²) in [4.78, 5) is 31.4. The van der Waals surface area contributed by atoms with Gasteiger partial charge in [0.1, 0.15) is 0 Å². The smallest absolute Gasteiger partial charge is 0.264 e. The van der Waals surface area contributed by atoms with Crippen molar-refractivity contribution in [3.63, 3.8) is 0 Å². The number of hydrogen-bond acceptors (Lipinski definition) is 4. The number of carbonyl (C=O) groups is 2. The third-order valence-electron chi connectivity index (χ3n) is 5.01. The van der Waals surface area contributed by atoms with Gasteiger partial charge in [-0.3, -0.25) is 9.59 Å². The molecule has 5 nitrogen and oxygen atoms in total. The Morgan fingerprint density at radius 1 is 1.04 bits per heavy atom. The molecule has 3 heterocycles. The lowest BCUT2D eigenvalue weighted by atomic mass is 10.2. The molecule has 4 rings (SSSR count). The van der Waals surface area contributed by atoms with Crippen LogP contribution in [0.2, 0.25) is 5.02 Å². The highest BCUT2D eigenvalue weighted by Crippen LogP contribution is 2.28. The van der Waals surface area contributed by atoms with Gasteiger partial charge in [0.2, 0.25) is 0 Å². The molecule has 0 radical (unpaired) electrons. The molecule has 1 aromatic heterocycles. The van der Waals surface area contributed by atoms with E-state index in [-0.39, 0.29) is 11.8 Å². The first kappa shape index (κ1) is 18.5. The summed E-state index contributed by atoms with van der Waals surface area (Å²) in [7, 11) is 0. The van der Waals surface area contributed by atoms with E-state index in [9.17, 15) is 9.59 Å². The Bertz CT molecular complexity index is 843. The molecule has 1 fully saturated rings. The number of rotatable bonds is 2. The van der Waals surface area contributed by atoms with Crippen molar-refractivity contribution >= 4 is 34.8 Å². The van der Waals surface area contributed by atoms with E-state index in [0.717, 1.165) is 29.9 Å². The molecule has 0 saturated carbocycles. The summed E-state index contributed by atoms with van der Waals surface area (Å²) in [6.45, 7) is 3.66. The van der Waals surface area contributed by atoms with Gasteiger partial charge in [-0.25, -0.2) is 0 Å². The number of amides is 2. The highest BCUT2D eigenvalue weighted by atomic mass is 35.5. The Balaban J connectivity index is 1.44. The average Bonchev–Trinajstić information content (AvgIpc) is 2.97. The van der Waals surface area contributed by atoms with Crippen LogP contribution in [0.25, 0.3) is 0 Å². The topological polar surface area (TPSA) is 49.9 Å². The number of carbonyl (C=O) groups excluding carboxylic acids is 2. The highest BCUT2D eigenvalue weighted by Gasteiger charge is 2.26. The third kappa shape index (κ3) is 3.88. The number of nitrogens with zero attached hydrogens (tertiary/aromatic N) is 2. The maximum atomic E-state index is 12.9. The highest BCUT2D eigenvalue weighted by molar-refractivity contribution is 7.14. The summed E-state index contributed by atoms with van der Waals surface area (Å²) >= 11 is 7.75. The lowest BCUT2D eigenvalue weighted by molar-refractivity contribution is 0.0721. The average molecular weight is 405 g/mol. The predicted octanol–water partition coefficient (Wildman–Crippen LogP) is 3.46. The zero-order valence-electron chi connectivity index (χ0n) is 14.9. The lowest BCUT2D eigenvalue weighted by Gasteiger charge is -2.22. The fraction of sp³-hybridized carbons (Fsp3) is 0.400. The fourth-order valence-electron chi connectivity index (χ4n) is 3.54. The van der Waals surface area contributed by atoms with Crippen LogP contribution in [-0.4, -0.2) is 54.4 Å². The van der Waals surface area contributed by atoms with Crippen LogP contribution in [0, 0.1) is 0 Å². The number of ether oxygens (including phenoxy) is 1. The second-order valence-electron chi connectivity index (χ2n) is 6.78. The van der Waals surface area contributed by atoms with Crippen LogP contribution in [-0.2, 0) is 17.8 Å². The standard InChI is InChI=1S/C20H21ClN2O3S/c21-16-5-2-1-4-15(16)19(24)22-7-3-8-23(10-9-22)20(25)18-12-14-13-26-11-6-17(14)27-18/h1-2,4-5,12H,3,6-11,13H2. The Hall–Kier alpha value is -1.89. The Morgan fingerprint density at radius 3 is 2.52 bits per heavy atom. The second-order valence-corrected chi connectivity index (χ2v) is 8.32. The molecule has 7 heteroatoms. The van der Waals surface area contributed by atoms with E-state index in [0.29, 0.717) is 43.4 Å². The van der Waals surface area contributed by atoms with Gasteiger partial charge in [0.05, 0.1) is 28.7 Å². The Labute approximate surface area is 167 Å². The van der Waals surface area contributed by atoms with Gasteiger partial charge >= 0.3 is 0 Å². The second kappa shape index (κ2) is 8.00. The van der Waals surface area contributed by atoms with Gasteiger partial charge in [0.15, 0.2) is 0 Å². The summed E-state index contributed by atoms with van der Waals surface area (Å²) in [5, 5.41) is 0.464. The molecule has 0 unspecified atom stereocenters. The molecule has 0 N–H and O–H groups in total. The predicted molar refractivity (Wildman–Crippen MR) is 106 cm³/mol. The summed E-state index contributed by atoms with van der Waals surface area (Å²) in [6.07, 6.45) is 1.64. The maximum absolute atomic E-state index is 12.9. The van der Waals surface area contributed by atoms with E-state index >= 15 is 0 Å². The molecule has 27 heavy (non-hydrogen) atoms. The Kier molecular flexibility index (Phi) is 5.48. The molecule has 2 aromatic rings. The van der Waals surface area contributed by atoms with Crippen molar-refractivity contribution in [1.82, 2.24) is 9.80 Å². The number of fused-ring (bicyclic) bond motifs is 1. The van der Waals surface area contributed by atoms with Crippen LogP contribution in [0.1, 0.15) is 36.9 Å². The molecule has 0 aliphatic carbocycles. The zero-order valence-corrected chi connectivity index (χ0v) is 16.5. The van der Waals surface area contributed by atoms with Crippen LogP contribution < -0.4 is 0 Å². The van der Waals surface area contributed by atoms with Crippen LogP contribution in [0.4, 0.5) is 0 Å². The number of halogens is 1. The molecule has 0 atom stereocenters. The Morgan fingerprint density at radius 2 is 1.78 bits per heavy atom. The van der Waals surface area contributed by atoms with Crippen molar-refractivity contribution in [2.75, 3.05) is 32.8 Å². The summed E-state index contributed by atoms with van der Waals surface area (Å²) in [6, 6.07) is 9.07. The first-order valence-electron chi connectivity index (χ1n) is 9.16. The van der Waals surface area contributed by atoms with Crippen molar-refractivity contribution in [1.29, 1.82) is 0 Å². The summed E-state index contributed by atoms with van der Waals surface area (Å²) in [5.74, 6) is -0.0138. The van der Waals surface area contributed by atoms with E-state index < -0.39 is 0 Å². The van der Waals surface area contributed by atoms with Gasteiger partial charge in [0, 0.05) is 37.5 Å². The molecule has 1 aromatic carbocycles. The third-order valence-corrected chi connectivity index (χ3v) is 6.57. The number of benzene rings is 1. The molecule has 2 amide bonds. The molecule has 0 spiro atoms. The van der Waals surface area contributed by atoms with E-state index in [1.54, 1.807) is 28.4 Å². The number of thiophene rings is 1. The van der Waals surface area contributed by atoms with E-state index in [2.05, 4.69) is 0 Å². The van der Waals surface area contributed by atoms with Gasteiger partial charge in [-0.05, 0) is 30.2 Å². The number of hydrogen-bond donors (Lipinski definition) is 0. The van der Waals surface area contributed by atoms with Crippen molar-refractivity contribution in [2.24, 2.45) is 0 Å². The van der Waals surface area contributed by atoms with Crippen LogP contribution in [0.3, 0.4) is 0 Å². The first-order valence-corrected chi connectivity index (χ1v) is 10.4. The van der Waals surface area contributed by atoms with Crippen LogP contribution >= 0.6 is 22.9 Å². The minimum atomic E-state index is -0.0707. The summed E-state index contributed by atoms with van der Waals surface area (Å²) in [5.41, 5.74) is 1.66. The van der Waals surface area contributed by atoms with E-state index in [1.165, 1.54) is 4.88 Å². The SMILES string of the molecule is O=C(c1cc2c(s1)CCOC2)N1CCCN(C(=O)c2ccccc2Cl)CC1. The van der Waals surface area contributed by atoms with Crippen molar-refractivity contribution in [3.05, 3.63) is 56.2 Å². The molecular formula is C20H21ClN2O3S. The van der Waals surface area contributed by atoms with E-state index in [4.69, 9.17) is 16.3 Å². The van der Waals surface area contributed by atoms with Gasteiger partial charge in [-0.15, -0.1) is 11.3 Å². The van der Waals surface area contributed by atoms with E-state index in [1.807, 2.05) is 23.1 Å². The van der Waals surface area contributed by atoms with Crippen LogP contribution in [0.15, 0.2) is 30.3 Å². The summed E-state index contributed by atoms with van der Waals surface area (Å²) < 4.78 is 5.47. The monoisotopic (exact) mass is 404 g/mol. The minimum absolute atomic E-state index is 0.0569. The van der Waals surface area contributed by atoms with Gasteiger partial charge in [-0.2, -0.15) is 0 Å². The molecule has 2 aliphatic heterocycles. The maximum Gasteiger partial charge on any atom is 0.264 e. The van der Waals surface area contributed by atoms with Crippen molar-refractivity contribution in [3.8, 4) is 0 Å². The lowest BCUT2D eigenvalue weighted by Crippen LogP contribution is -2.37. The molecular weight excluding hydrogens is 384 g/mol. The largest absolute Gasteiger partial charge is 0.376 e. The van der Waals surface area contributed by atoms with Gasteiger partial charge < -0.3 is 14.5 Å². The first-order chi connectivity index (χ1) is 13.1. The fourth-order valence-corrected chi connectivity index (χ4v) is 4.87. The van der Waals surface area contributed by atoms with Crippen LogP contribution in [0.5, 0.6) is 0 Å². The van der Waals surface area contributed by atoms with Gasteiger partial charge in [-0.1, -0.05) is 23.7 Å². The zero-order chi connectivity index (χ0) is 18.8. The minimum Gasteiger partial charge on any atom is -0.376 e. The molecule has 142 valence electrons. The molecule has 0 bridgehead atoms.